The molecule has 0 unspecified atom stereocenters. The molecule has 404 valence electrons. The Bertz CT molecular complexity index is 2640. The molecule has 10 nitrogen and oxygen atoms in total. The van der Waals surface area contributed by atoms with Crippen LogP contribution in [0.2, 0.25) is 0 Å². The van der Waals surface area contributed by atoms with Crippen molar-refractivity contribution in [1.29, 1.82) is 0 Å². The minimum atomic E-state index is -6.09. The van der Waals surface area contributed by atoms with Crippen LogP contribution >= 0.6 is 0 Å². The van der Waals surface area contributed by atoms with Gasteiger partial charge in [-0.1, -0.05) is 36.4 Å². The molecule has 0 aromatic heterocycles. The molecule has 0 heterocycles. The lowest BCUT2D eigenvalue weighted by molar-refractivity contribution is -0.0522. The first-order valence-corrected chi connectivity index (χ1v) is 27.8. The molecule has 0 saturated carbocycles. The van der Waals surface area contributed by atoms with Crippen LogP contribution in [0.3, 0.4) is 0 Å². The van der Waals surface area contributed by atoms with E-state index in [1.54, 1.807) is 0 Å². The Kier molecular flexibility index (Phi) is 21.6. The van der Waals surface area contributed by atoms with Gasteiger partial charge < -0.3 is 28.1 Å². The second kappa shape index (κ2) is 25.4. The van der Waals surface area contributed by atoms with Gasteiger partial charge in [0.15, 0.2) is 49.6 Å². The lowest BCUT2D eigenvalue weighted by Gasteiger charge is -2.22. The second-order valence-electron chi connectivity index (χ2n) is 19.8. The average molecular weight is 1110 g/mol. The molecule has 0 atom stereocenters. The van der Waals surface area contributed by atoms with Gasteiger partial charge in [-0.15, -0.1) is 0 Å². The molecule has 0 spiro atoms. The summed E-state index contributed by atoms with van der Waals surface area (Å²) in [6.07, 6.45) is 0. The van der Waals surface area contributed by atoms with Crippen molar-refractivity contribution in [3.05, 3.63) is 158 Å². The maximum Gasteiger partial charge on any atom is 0.485 e. The Morgan fingerprint density at radius 1 is 0.311 bits per heavy atom. The number of hydrogen-bond acceptors (Lipinski definition) is 10. The van der Waals surface area contributed by atoms with Gasteiger partial charge in [0.25, 0.3) is 0 Å². The van der Waals surface area contributed by atoms with E-state index in [-0.39, 0.29) is 44.2 Å². The molecule has 6 aromatic carbocycles. The highest BCUT2D eigenvalue weighted by molar-refractivity contribution is 7.97. The normalized spacial score (nSPS) is 12.5. The lowest BCUT2D eigenvalue weighted by atomic mass is 10.2. The maximum atomic E-state index is 10.7. The van der Waals surface area contributed by atoms with Crippen molar-refractivity contribution >= 4 is 42.0 Å². The predicted molar refractivity (Wildman–Crippen MR) is 276 cm³/mol. The van der Waals surface area contributed by atoms with Crippen LogP contribution in [-0.2, 0) is 42.0 Å². The minimum Gasteiger partial charge on any atom is -0.741 e. The Morgan fingerprint density at radius 3 is 0.595 bits per heavy atom. The number of ether oxygens (including phenoxy) is 4. The van der Waals surface area contributed by atoms with Gasteiger partial charge in [0, 0.05) is 0 Å². The number of hydrogen-bond donors (Lipinski definition) is 0. The zero-order valence-electron chi connectivity index (χ0n) is 43.0. The zero-order chi connectivity index (χ0) is 56.1. The molecule has 6 rings (SSSR count). The van der Waals surface area contributed by atoms with Crippen LogP contribution in [-0.4, -0.2) is 59.4 Å². The fraction of sp³-hybridized carbons (Fsp3) is 0.333. The number of benzene rings is 6. The number of alkyl halides is 6. The van der Waals surface area contributed by atoms with Gasteiger partial charge in [0.05, 0.1) is 21.8 Å². The van der Waals surface area contributed by atoms with Crippen LogP contribution in [0.4, 0.5) is 26.3 Å². The molecule has 0 aliphatic rings. The minimum absolute atomic E-state index is 0.102. The molecule has 0 fully saturated rings. The van der Waals surface area contributed by atoms with Crippen LogP contribution < -0.4 is 18.9 Å². The van der Waals surface area contributed by atoms with Crippen molar-refractivity contribution in [1.82, 2.24) is 0 Å². The average Bonchev–Trinajstić information content (AvgIpc) is 3.24. The van der Waals surface area contributed by atoms with Crippen molar-refractivity contribution in [2.24, 2.45) is 0 Å². The topological polar surface area (TPSA) is 151 Å². The van der Waals surface area contributed by atoms with Crippen molar-refractivity contribution in [3.63, 3.8) is 0 Å². The third-order valence-electron chi connectivity index (χ3n) is 8.46. The molecule has 0 aliphatic heterocycles. The molecule has 20 heteroatoms. The van der Waals surface area contributed by atoms with Gasteiger partial charge in [0.2, 0.25) is 0 Å². The third-order valence-corrected chi connectivity index (χ3v) is 14.1. The summed E-state index contributed by atoms with van der Waals surface area (Å²) in [6, 6.07) is 55.3. The van der Waals surface area contributed by atoms with E-state index < -0.39 is 31.3 Å². The van der Waals surface area contributed by atoms with Gasteiger partial charge >= 0.3 is 11.0 Å². The van der Waals surface area contributed by atoms with E-state index in [4.69, 9.17) is 44.9 Å². The highest BCUT2D eigenvalue weighted by Gasteiger charge is 2.38. The van der Waals surface area contributed by atoms with Gasteiger partial charge in [-0.2, -0.15) is 26.3 Å². The van der Waals surface area contributed by atoms with E-state index in [0.29, 0.717) is 0 Å². The number of rotatable bonds is 10. The molecular weight excluding hydrogens is 1050 g/mol. The standard InChI is InChI=1S/C30H39O3S.C22H23OS.2CHF3O3S/c1-28(2,3)31-22-10-16-25(17-11-22)34(26-18-12-23(13-19-26)32-29(4,5)6)27-20-14-24(15-21-27)33-30(7,8)9;1-22(2,3)23-18-14-16-21(17-15-18)24(19-10-6-4-7-11-19)20-12-8-5-9-13-20;2*2-1(3,4)8(5,6)7/h10-21H,1-9H3;4-17H,1-3H3;2*(H,5,6,7)/q2*+1;;/p-2. The Morgan fingerprint density at radius 2 is 0.459 bits per heavy atom. The SMILES string of the molecule is CC(C)(C)Oc1ccc([S+](c2ccc(OC(C)(C)C)cc2)c2ccc(OC(C)(C)C)cc2)cc1.CC(C)(C)Oc1ccc([S+](c2ccccc2)c2ccccc2)cc1.O=S(=O)([O-])C(F)(F)F.O=S(=O)([O-])C(F)(F)F. The van der Waals surface area contributed by atoms with Crippen LogP contribution in [0.5, 0.6) is 23.0 Å². The van der Waals surface area contributed by atoms with E-state index >= 15 is 0 Å². The van der Waals surface area contributed by atoms with Gasteiger partial charge in [-0.05, 0) is 204 Å². The first kappa shape index (κ1) is 62.9. The molecule has 0 N–H and O–H groups in total. The van der Waals surface area contributed by atoms with Crippen molar-refractivity contribution in [2.45, 2.75) is 146 Å². The first-order valence-electron chi connectivity index (χ1n) is 22.5. The first-order chi connectivity index (χ1) is 33.7. The molecule has 74 heavy (non-hydrogen) atoms. The summed E-state index contributed by atoms with van der Waals surface area (Å²) in [7, 11) is -12.6. The van der Waals surface area contributed by atoms with Gasteiger partial charge in [-0.25, -0.2) is 16.8 Å². The molecule has 0 saturated heterocycles. The Balaban J connectivity index is 0.000000310. The monoisotopic (exact) mass is 1110 g/mol. The highest BCUT2D eigenvalue weighted by atomic mass is 32.2. The molecule has 0 amide bonds. The molecule has 0 radical (unpaired) electrons. The van der Waals surface area contributed by atoms with Crippen LogP contribution in [0, 0.1) is 0 Å². The Labute approximate surface area is 437 Å². The summed E-state index contributed by atoms with van der Waals surface area (Å²) < 4.78 is 142. The molecular formula is C54H62F6O10S4. The highest BCUT2D eigenvalue weighted by Crippen LogP contribution is 2.36. The smallest absolute Gasteiger partial charge is 0.485 e. The van der Waals surface area contributed by atoms with Crippen molar-refractivity contribution in [2.75, 3.05) is 0 Å². The van der Waals surface area contributed by atoms with Crippen molar-refractivity contribution in [3.8, 4) is 23.0 Å². The van der Waals surface area contributed by atoms with E-state index in [1.807, 2.05) is 0 Å². The maximum absolute atomic E-state index is 10.7. The van der Waals surface area contributed by atoms with E-state index in [2.05, 4.69) is 241 Å². The predicted octanol–water partition coefficient (Wildman–Crippen LogP) is 14.4. The fourth-order valence-corrected chi connectivity index (χ4v) is 10.0. The summed E-state index contributed by atoms with van der Waals surface area (Å²) in [5.74, 6) is 3.55. The lowest BCUT2D eigenvalue weighted by Crippen LogP contribution is -2.23. The summed E-state index contributed by atoms with van der Waals surface area (Å²) in [5, 5.41) is 0. The Hall–Kier alpha value is -5.38. The molecule has 0 aliphatic carbocycles. The van der Waals surface area contributed by atoms with E-state index in [0.717, 1.165) is 23.0 Å². The molecule has 6 aromatic rings. The zero-order valence-corrected chi connectivity index (χ0v) is 46.3. The van der Waals surface area contributed by atoms with Gasteiger partial charge in [0.1, 0.15) is 45.4 Å². The van der Waals surface area contributed by atoms with Gasteiger partial charge in [-0.3, -0.25) is 0 Å². The fourth-order valence-electron chi connectivity index (χ4n) is 5.92. The molecule has 0 bridgehead atoms. The number of halogens is 6. The summed E-state index contributed by atoms with van der Waals surface area (Å²) in [5.41, 5.74) is -12.2. The van der Waals surface area contributed by atoms with Crippen molar-refractivity contribution < 1.29 is 71.2 Å². The largest absolute Gasteiger partial charge is 0.741 e. The summed E-state index contributed by atoms with van der Waals surface area (Å²) >= 11 is 0. The van der Waals surface area contributed by atoms with Crippen LogP contribution in [0.1, 0.15) is 83.1 Å². The second-order valence-corrected chi connectivity index (χ2v) is 26.6. The van der Waals surface area contributed by atoms with Crippen LogP contribution in [0.25, 0.3) is 0 Å². The summed E-state index contributed by atoms with van der Waals surface area (Å²) in [4.78, 5) is 7.65. The van der Waals surface area contributed by atoms with Crippen LogP contribution in [0.15, 0.2) is 187 Å². The third kappa shape index (κ3) is 22.6. The van der Waals surface area contributed by atoms with E-state index in [1.165, 1.54) is 29.4 Å². The quantitative estimate of drug-likeness (QED) is 0.0561. The summed E-state index contributed by atoms with van der Waals surface area (Å²) in [6.45, 7) is 24.8. The van der Waals surface area contributed by atoms with E-state index in [9.17, 15) is 26.3 Å².